The van der Waals surface area contributed by atoms with Crippen LogP contribution in [0.25, 0.3) is 0 Å². The largest absolute Gasteiger partial charge is 0.427 e. The summed E-state index contributed by atoms with van der Waals surface area (Å²) < 4.78 is 11.4. The van der Waals surface area contributed by atoms with Gasteiger partial charge >= 0.3 is 7.48 Å². The molecule has 0 saturated carbocycles. The van der Waals surface area contributed by atoms with Gasteiger partial charge in [0.25, 0.3) is 0 Å². The topological polar surface area (TPSA) is 66.0 Å². The molecule has 0 amide bonds. The molecular weight excluding hydrogens is 251 g/mol. The predicted molar refractivity (Wildman–Crippen MR) is 78.9 cm³/mol. The highest BCUT2D eigenvalue weighted by atomic mass is 16.5. The molecule has 0 N–H and O–H groups in total. The van der Waals surface area contributed by atoms with Gasteiger partial charge in [-0.3, -0.25) is 0 Å². The second-order valence-corrected chi connectivity index (χ2v) is 5.66. The molecule has 1 rings (SSSR count). The Hall–Kier alpha value is -1.82. The first-order valence-corrected chi connectivity index (χ1v) is 6.39. The molecule has 0 aliphatic carbocycles. The number of benzene rings is 1. The Morgan fingerprint density at radius 1 is 0.950 bits per heavy atom. The van der Waals surface area contributed by atoms with Crippen molar-refractivity contribution in [1.29, 1.82) is 10.5 Å². The van der Waals surface area contributed by atoms with Gasteiger partial charge in [0.05, 0.1) is 34.5 Å². The lowest BCUT2D eigenvalue weighted by molar-refractivity contribution is -0.114. The van der Waals surface area contributed by atoms with Crippen molar-refractivity contribution in [3.05, 3.63) is 29.3 Å². The molecule has 0 aliphatic heterocycles. The molecular formula is C15H19BN2O2. The maximum absolute atomic E-state index is 8.96. The van der Waals surface area contributed by atoms with Crippen molar-refractivity contribution in [3.63, 3.8) is 0 Å². The van der Waals surface area contributed by atoms with E-state index in [2.05, 4.69) is 0 Å². The van der Waals surface area contributed by atoms with E-state index in [4.69, 9.17) is 19.9 Å². The number of hydrogen-bond donors (Lipinski definition) is 0. The van der Waals surface area contributed by atoms with Crippen LogP contribution in [-0.2, 0) is 9.39 Å². The van der Waals surface area contributed by atoms with Gasteiger partial charge in [0, 0.05) is 7.11 Å². The molecule has 20 heavy (non-hydrogen) atoms. The van der Waals surface area contributed by atoms with Gasteiger partial charge < -0.3 is 9.39 Å². The fourth-order valence-corrected chi connectivity index (χ4v) is 1.59. The minimum Gasteiger partial charge on any atom is -0.427 e. The van der Waals surface area contributed by atoms with Crippen LogP contribution in [0.3, 0.4) is 0 Å². The zero-order chi connectivity index (χ0) is 15.4. The van der Waals surface area contributed by atoms with Crippen LogP contribution in [-0.4, -0.2) is 25.8 Å². The molecule has 0 spiro atoms. The lowest BCUT2D eigenvalue weighted by Crippen LogP contribution is -2.50. The summed E-state index contributed by atoms with van der Waals surface area (Å²) in [6, 6.07) is 9.13. The quantitative estimate of drug-likeness (QED) is 0.763. The van der Waals surface area contributed by atoms with Gasteiger partial charge in [-0.05, 0) is 45.9 Å². The number of methoxy groups -OCH3 is 1. The molecule has 0 saturated heterocycles. The van der Waals surface area contributed by atoms with Crippen molar-refractivity contribution in [2.75, 3.05) is 7.11 Å². The lowest BCUT2D eigenvalue weighted by Gasteiger charge is -2.40. The number of nitrogens with zero attached hydrogens (tertiary/aromatic N) is 2. The molecule has 104 valence electrons. The van der Waals surface area contributed by atoms with Crippen LogP contribution in [0.4, 0.5) is 0 Å². The zero-order valence-electron chi connectivity index (χ0n) is 12.7. The average molecular weight is 270 g/mol. The molecule has 0 bridgehead atoms. The molecule has 0 radical (unpaired) electrons. The Morgan fingerprint density at radius 3 is 1.85 bits per heavy atom. The second-order valence-electron chi connectivity index (χ2n) is 5.66. The predicted octanol–water partition coefficient (Wildman–Crippen LogP) is 1.63. The monoisotopic (exact) mass is 270 g/mol. The van der Waals surface area contributed by atoms with Crippen LogP contribution in [0.2, 0.25) is 0 Å². The van der Waals surface area contributed by atoms with Gasteiger partial charge in [-0.15, -0.1) is 0 Å². The molecule has 0 aliphatic rings. The van der Waals surface area contributed by atoms with Gasteiger partial charge in [-0.2, -0.15) is 10.5 Å². The van der Waals surface area contributed by atoms with Crippen LogP contribution in [0.5, 0.6) is 0 Å². The van der Waals surface area contributed by atoms with Crippen molar-refractivity contribution in [2.45, 2.75) is 38.9 Å². The first-order chi connectivity index (χ1) is 9.25. The van der Waals surface area contributed by atoms with Crippen molar-refractivity contribution in [1.82, 2.24) is 0 Å². The molecule has 0 heterocycles. The van der Waals surface area contributed by atoms with Gasteiger partial charge in [-0.25, -0.2) is 0 Å². The van der Waals surface area contributed by atoms with Crippen molar-refractivity contribution >= 4 is 12.9 Å². The molecule has 1 aromatic rings. The summed E-state index contributed by atoms with van der Waals surface area (Å²) in [6.45, 7) is 7.82. The molecule has 0 aromatic heterocycles. The smallest absolute Gasteiger partial charge is 0.309 e. The fraction of sp³-hybridized carbons (Fsp3) is 0.467. The van der Waals surface area contributed by atoms with E-state index in [1.807, 2.05) is 39.8 Å². The third kappa shape index (κ3) is 3.60. The maximum Gasteiger partial charge on any atom is 0.309 e. The maximum atomic E-state index is 8.96. The SMILES string of the molecule is COC(C)(C)C(C)(C)OBc1cc(C#N)cc(C#N)c1. The summed E-state index contributed by atoms with van der Waals surface area (Å²) in [4.78, 5) is 0. The Kier molecular flexibility index (Phi) is 4.95. The molecule has 4 nitrogen and oxygen atoms in total. The Labute approximate surface area is 121 Å². The van der Waals surface area contributed by atoms with E-state index in [-0.39, 0.29) is 0 Å². The highest BCUT2D eigenvalue weighted by molar-refractivity contribution is 6.47. The summed E-state index contributed by atoms with van der Waals surface area (Å²) in [6.07, 6.45) is 0. The fourth-order valence-electron chi connectivity index (χ4n) is 1.59. The summed E-state index contributed by atoms with van der Waals surface area (Å²) in [5.41, 5.74) is 0.785. The summed E-state index contributed by atoms with van der Waals surface area (Å²) in [7, 11) is 1.97. The first kappa shape index (κ1) is 16.2. The highest BCUT2D eigenvalue weighted by Crippen LogP contribution is 2.27. The zero-order valence-corrected chi connectivity index (χ0v) is 12.7. The van der Waals surface area contributed by atoms with E-state index in [0.29, 0.717) is 18.6 Å². The second kappa shape index (κ2) is 6.09. The molecule has 1 aromatic carbocycles. The van der Waals surface area contributed by atoms with E-state index in [1.165, 1.54) is 0 Å². The van der Waals surface area contributed by atoms with E-state index >= 15 is 0 Å². The summed E-state index contributed by atoms with van der Waals surface area (Å²) >= 11 is 0. The van der Waals surface area contributed by atoms with Crippen LogP contribution in [0.15, 0.2) is 18.2 Å². The Balaban J connectivity index is 2.91. The third-order valence-electron chi connectivity index (χ3n) is 3.81. The highest BCUT2D eigenvalue weighted by Gasteiger charge is 2.37. The van der Waals surface area contributed by atoms with E-state index < -0.39 is 11.2 Å². The van der Waals surface area contributed by atoms with Crippen molar-refractivity contribution in [2.24, 2.45) is 0 Å². The van der Waals surface area contributed by atoms with E-state index in [1.54, 1.807) is 25.3 Å². The minimum absolute atomic E-state index is 0.323. The normalized spacial score (nSPS) is 11.6. The number of ether oxygens (including phenoxy) is 1. The lowest BCUT2D eigenvalue weighted by atomic mass is 9.81. The minimum atomic E-state index is -0.503. The number of nitriles is 2. The summed E-state index contributed by atoms with van der Waals surface area (Å²) in [5.74, 6) is 0. The average Bonchev–Trinajstić information content (AvgIpc) is 2.44. The van der Waals surface area contributed by atoms with Crippen LogP contribution >= 0.6 is 0 Å². The van der Waals surface area contributed by atoms with Crippen LogP contribution in [0.1, 0.15) is 38.8 Å². The van der Waals surface area contributed by atoms with Gasteiger partial charge in [0.2, 0.25) is 0 Å². The van der Waals surface area contributed by atoms with Gasteiger partial charge in [-0.1, -0.05) is 5.46 Å². The van der Waals surface area contributed by atoms with E-state index in [9.17, 15) is 0 Å². The first-order valence-electron chi connectivity index (χ1n) is 6.39. The standard InChI is InChI=1S/C15H19BN2O2/c1-14(2,19-5)15(3,4)20-16-13-7-11(9-17)6-12(8-13)10-18/h6-8,16H,1-5H3. The number of rotatable bonds is 5. The Bertz CT molecular complexity index is 536. The Morgan fingerprint density at radius 2 is 1.45 bits per heavy atom. The third-order valence-corrected chi connectivity index (χ3v) is 3.81. The molecule has 5 heteroatoms. The number of hydrogen-bond acceptors (Lipinski definition) is 4. The molecule has 0 atom stereocenters. The summed E-state index contributed by atoms with van der Waals surface area (Å²) in [5, 5.41) is 17.9. The van der Waals surface area contributed by atoms with Crippen LogP contribution in [0, 0.1) is 22.7 Å². The van der Waals surface area contributed by atoms with Crippen molar-refractivity contribution < 1.29 is 9.39 Å². The van der Waals surface area contributed by atoms with E-state index in [0.717, 1.165) is 5.46 Å². The van der Waals surface area contributed by atoms with Gasteiger partial charge in [0.15, 0.2) is 0 Å². The molecule has 0 fully saturated rings. The van der Waals surface area contributed by atoms with Crippen LogP contribution < -0.4 is 5.46 Å². The van der Waals surface area contributed by atoms with Gasteiger partial charge in [0.1, 0.15) is 0 Å². The molecule has 0 unspecified atom stereocenters. The van der Waals surface area contributed by atoms with Crippen molar-refractivity contribution in [3.8, 4) is 12.1 Å².